The number of anilines is 1. The fourth-order valence-corrected chi connectivity index (χ4v) is 3.83. The van der Waals surface area contributed by atoms with Gasteiger partial charge in [0, 0.05) is 23.2 Å². The minimum Gasteiger partial charge on any atom is -0.481 e. The molecule has 1 aliphatic carbocycles. The first-order valence-electron chi connectivity index (χ1n) is 10.1. The van der Waals surface area contributed by atoms with Gasteiger partial charge in [0.15, 0.2) is 11.2 Å². The summed E-state index contributed by atoms with van der Waals surface area (Å²) < 4.78 is 11.0. The summed E-state index contributed by atoms with van der Waals surface area (Å²) in [6.45, 7) is 3.52. The molecule has 0 saturated heterocycles. The average molecular weight is 438 g/mol. The lowest BCUT2D eigenvalue weighted by atomic mass is 10.1. The lowest BCUT2D eigenvalue weighted by Crippen LogP contribution is -2.48. The van der Waals surface area contributed by atoms with E-state index in [0.717, 1.165) is 30.2 Å². The smallest absolute Gasteiger partial charge is 0.336 e. The van der Waals surface area contributed by atoms with E-state index in [2.05, 4.69) is 22.2 Å². The maximum atomic E-state index is 12.4. The predicted molar refractivity (Wildman–Crippen MR) is 123 cm³/mol. The van der Waals surface area contributed by atoms with Crippen molar-refractivity contribution in [1.29, 1.82) is 0 Å². The van der Waals surface area contributed by atoms with Gasteiger partial charge in [-0.05, 0) is 86.3 Å². The average Bonchev–Trinajstić information content (AvgIpc) is 3.19. The molecule has 4 rings (SSSR count). The highest BCUT2D eigenvalue weighted by atomic mass is 32.1. The monoisotopic (exact) mass is 437 g/mol. The number of benzene rings is 2. The zero-order valence-corrected chi connectivity index (χ0v) is 18.1. The van der Waals surface area contributed by atoms with Gasteiger partial charge < -0.3 is 14.5 Å². The van der Waals surface area contributed by atoms with Crippen molar-refractivity contribution in [2.75, 3.05) is 5.32 Å². The maximum Gasteiger partial charge on any atom is 0.336 e. The predicted octanol–water partition coefficient (Wildman–Crippen LogP) is 3.38. The van der Waals surface area contributed by atoms with Crippen LogP contribution in [0.1, 0.15) is 30.0 Å². The van der Waals surface area contributed by atoms with E-state index >= 15 is 0 Å². The Hall–Kier alpha value is -3.39. The molecule has 8 heteroatoms. The van der Waals surface area contributed by atoms with E-state index in [1.165, 1.54) is 17.2 Å². The third kappa shape index (κ3) is 4.86. The topological polar surface area (TPSA) is 92.6 Å². The second-order valence-electron chi connectivity index (χ2n) is 7.57. The summed E-state index contributed by atoms with van der Waals surface area (Å²) in [5, 5.41) is 3.98. The number of ether oxygens (including phenoxy) is 1. The summed E-state index contributed by atoms with van der Waals surface area (Å²) in [4.78, 5) is 23.9. The molecule has 0 bridgehead atoms. The molecule has 0 saturated carbocycles. The molecule has 1 aliphatic rings. The van der Waals surface area contributed by atoms with Crippen LogP contribution in [0.25, 0.3) is 11.0 Å². The van der Waals surface area contributed by atoms with Gasteiger partial charge in [-0.25, -0.2) is 4.79 Å². The molecule has 1 atom stereocenters. The third-order valence-electron chi connectivity index (χ3n) is 5.26. The van der Waals surface area contributed by atoms with Crippen LogP contribution in [0.5, 0.6) is 5.75 Å². The molecule has 7 nitrogen and oxygen atoms in total. The lowest BCUT2D eigenvalue weighted by Gasteiger charge is -2.17. The number of carbonyl (C=O) groups is 1. The lowest BCUT2D eigenvalue weighted by molar-refractivity contribution is -0.127. The SMILES string of the molecule is Cc1cc(=O)oc2cc(NC(=S)NNC(=O)[C@H](C)Oc3ccc4c(c3)CCC4)ccc12. The minimum atomic E-state index is -0.701. The number of hydrogen-bond acceptors (Lipinski definition) is 5. The van der Waals surface area contributed by atoms with Crippen molar-refractivity contribution in [3.8, 4) is 5.75 Å². The number of fused-ring (bicyclic) bond motifs is 2. The van der Waals surface area contributed by atoms with E-state index in [0.29, 0.717) is 17.0 Å². The Labute approximate surface area is 184 Å². The molecule has 0 fully saturated rings. The molecule has 31 heavy (non-hydrogen) atoms. The maximum absolute atomic E-state index is 12.4. The number of hydrazine groups is 1. The first kappa shape index (κ1) is 20.9. The molecule has 0 radical (unpaired) electrons. The first-order valence-corrected chi connectivity index (χ1v) is 10.5. The van der Waals surface area contributed by atoms with E-state index in [9.17, 15) is 9.59 Å². The van der Waals surface area contributed by atoms with Gasteiger partial charge in [0.05, 0.1) is 0 Å². The molecule has 0 spiro atoms. The van der Waals surface area contributed by atoms with Gasteiger partial charge in [-0.3, -0.25) is 15.6 Å². The fraction of sp³-hybridized carbons (Fsp3) is 0.261. The van der Waals surface area contributed by atoms with Crippen LogP contribution in [-0.2, 0) is 17.6 Å². The Morgan fingerprint density at radius 3 is 2.74 bits per heavy atom. The summed E-state index contributed by atoms with van der Waals surface area (Å²) >= 11 is 5.23. The number of thiocarbonyl (C=S) groups is 1. The Morgan fingerprint density at radius 1 is 1.10 bits per heavy atom. The van der Waals surface area contributed by atoms with Gasteiger partial charge in [0.25, 0.3) is 5.91 Å². The third-order valence-corrected chi connectivity index (χ3v) is 5.46. The van der Waals surface area contributed by atoms with Gasteiger partial charge >= 0.3 is 5.63 Å². The van der Waals surface area contributed by atoms with Gasteiger partial charge in [0.2, 0.25) is 0 Å². The van der Waals surface area contributed by atoms with Gasteiger partial charge in [-0.2, -0.15) is 0 Å². The van der Waals surface area contributed by atoms with E-state index in [-0.39, 0.29) is 11.0 Å². The van der Waals surface area contributed by atoms with Crippen molar-refractivity contribution in [2.45, 2.75) is 39.2 Å². The Morgan fingerprint density at radius 2 is 1.90 bits per heavy atom. The van der Waals surface area contributed by atoms with Crippen molar-refractivity contribution < 1.29 is 13.9 Å². The summed E-state index contributed by atoms with van der Waals surface area (Å²) in [6.07, 6.45) is 2.61. The van der Waals surface area contributed by atoms with Crippen molar-refractivity contribution in [2.24, 2.45) is 0 Å². The Balaban J connectivity index is 1.31. The van der Waals surface area contributed by atoms with Gasteiger partial charge in [0.1, 0.15) is 11.3 Å². The molecule has 2 aromatic carbocycles. The Bertz CT molecular complexity index is 1220. The first-order chi connectivity index (χ1) is 14.9. The van der Waals surface area contributed by atoms with Crippen LogP contribution < -0.4 is 26.5 Å². The summed E-state index contributed by atoms with van der Waals surface area (Å²) in [5.41, 5.74) is 9.34. The van der Waals surface area contributed by atoms with Crippen LogP contribution in [0.4, 0.5) is 5.69 Å². The summed E-state index contributed by atoms with van der Waals surface area (Å²) in [7, 11) is 0. The number of hydrogen-bond donors (Lipinski definition) is 3. The van der Waals surface area contributed by atoms with Crippen LogP contribution in [-0.4, -0.2) is 17.1 Å². The largest absolute Gasteiger partial charge is 0.481 e. The zero-order chi connectivity index (χ0) is 22.0. The molecule has 1 aromatic heterocycles. The van der Waals surface area contributed by atoms with Crippen LogP contribution in [0.3, 0.4) is 0 Å². The van der Waals surface area contributed by atoms with E-state index in [1.807, 2.05) is 31.2 Å². The molecule has 0 aliphatic heterocycles. The highest BCUT2D eigenvalue weighted by Gasteiger charge is 2.17. The number of carbonyl (C=O) groups excluding carboxylic acids is 1. The molecule has 3 N–H and O–H groups in total. The fourth-order valence-electron chi connectivity index (χ4n) is 3.66. The minimum absolute atomic E-state index is 0.187. The van der Waals surface area contributed by atoms with Gasteiger partial charge in [-0.15, -0.1) is 0 Å². The van der Waals surface area contributed by atoms with Crippen LogP contribution >= 0.6 is 12.2 Å². The highest BCUT2D eigenvalue weighted by molar-refractivity contribution is 7.80. The van der Waals surface area contributed by atoms with Crippen molar-refractivity contribution >= 4 is 39.9 Å². The number of aryl methyl sites for hydroxylation is 3. The van der Waals surface area contributed by atoms with E-state index in [4.69, 9.17) is 21.4 Å². The molecular weight excluding hydrogens is 414 g/mol. The molecule has 1 heterocycles. The number of amides is 1. The number of nitrogens with one attached hydrogen (secondary N) is 3. The number of rotatable bonds is 4. The molecule has 0 unspecified atom stereocenters. The van der Waals surface area contributed by atoms with Gasteiger partial charge in [-0.1, -0.05) is 6.07 Å². The summed E-state index contributed by atoms with van der Waals surface area (Å²) in [6, 6.07) is 12.7. The van der Waals surface area contributed by atoms with E-state index in [1.54, 1.807) is 13.0 Å². The second kappa shape index (κ2) is 8.77. The van der Waals surface area contributed by atoms with Crippen molar-refractivity contribution in [1.82, 2.24) is 10.9 Å². The molecular formula is C23H23N3O4S. The molecule has 3 aromatic rings. The normalized spacial score (nSPS) is 13.4. The highest BCUT2D eigenvalue weighted by Crippen LogP contribution is 2.26. The standard InChI is InChI=1S/C23H23N3O4S/c1-13-10-21(27)30-20-12-17(7-9-19(13)20)24-23(31)26-25-22(28)14(2)29-18-8-6-15-4-3-5-16(15)11-18/h6-12,14H,3-5H2,1-2H3,(H,25,28)(H2,24,26,31)/t14-/m0/s1. The van der Waals surface area contributed by atoms with Crippen LogP contribution in [0.2, 0.25) is 0 Å². The molecule has 160 valence electrons. The zero-order valence-electron chi connectivity index (χ0n) is 17.3. The molecule has 1 amide bonds. The second-order valence-corrected chi connectivity index (χ2v) is 7.98. The van der Waals surface area contributed by atoms with Crippen LogP contribution in [0, 0.1) is 6.92 Å². The van der Waals surface area contributed by atoms with Crippen molar-refractivity contribution in [3.05, 3.63) is 69.6 Å². The summed E-state index contributed by atoms with van der Waals surface area (Å²) in [5.74, 6) is 0.321. The van der Waals surface area contributed by atoms with Crippen LogP contribution in [0.15, 0.2) is 51.7 Å². The van der Waals surface area contributed by atoms with Crippen molar-refractivity contribution in [3.63, 3.8) is 0 Å². The quantitative estimate of drug-likeness (QED) is 0.327. The Kier molecular flexibility index (Phi) is 5.90. The van der Waals surface area contributed by atoms with E-state index < -0.39 is 11.7 Å².